The van der Waals surface area contributed by atoms with Gasteiger partial charge >= 0.3 is 12.2 Å². The first-order chi connectivity index (χ1) is 19.0. The van der Waals surface area contributed by atoms with Gasteiger partial charge in [0.2, 0.25) is 0 Å². The summed E-state index contributed by atoms with van der Waals surface area (Å²) in [6, 6.07) is 14.1. The molecule has 0 aliphatic heterocycles. The van der Waals surface area contributed by atoms with E-state index in [0.29, 0.717) is 33.6 Å². The highest BCUT2D eigenvalue weighted by atomic mass is 32.2. The third-order valence-electron chi connectivity index (χ3n) is 5.64. The monoisotopic (exact) mass is 568 g/mol. The van der Waals surface area contributed by atoms with Crippen molar-refractivity contribution in [2.75, 3.05) is 24.7 Å². The van der Waals surface area contributed by atoms with Gasteiger partial charge in [0.15, 0.2) is 11.6 Å². The lowest BCUT2D eigenvalue weighted by molar-refractivity contribution is 0.106. The molecule has 0 N–H and O–H groups in total. The van der Waals surface area contributed by atoms with Crippen molar-refractivity contribution in [2.24, 2.45) is 0 Å². The van der Waals surface area contributed by atoms with Gasteiger partial charge in [0.05, 0.1) is 35.3 Å². The van der Waals surface area contributed by atoms with Gasteiger partial charge in [-0.05, 0) is 51.0 Å². The molecule has 0 aliphatic rings. The maximum atomic E-state index is 12.9. The molecule has 0 bridgehead atoms. The molecule has 204 valence electrons. The average Bonchev–Trinajstić information content (AvgIpc) is 3.52. The van der Waals surface area contributed by atoms with E-state index in [0.717, 1.165) is 42.8 Å². The fourth-order valence-corrected chi connectivity index (χ4v) is 5.51. The molecule has 0 atom stereocenters. The second-order valence-corrected chi connectivity index (χ2v) is 10.4. The highest BCUT2D eigenvalue weighted by Crippen LogP contribution is 2.23. The molecule has 0 fully saturated rings. The largest absolute Gasteiger partial charge is 0.449 e. The first-order valence-corrected chi connectivity index (χ1v) is 14.6. The highest BCUT2D eigenvalue weighted by Gasteiger charge is 2.24. The Kier molecular flexibility index (Phi) is 9.77. The number of aromatic nitrogens is 4. The summed E-state index contributed by atoms with van der Waals surface area (Å²) in [5, 5.41) is -0.608. The molecule has 4 rings (SSSR count). The summed E-state index contributed by atoms with van der Waals surface area (Å²) in [6.07, 6.45) is 1.02. The minimum Gasteiger partial charge on any atom is -0.449 e. The van der Waals surface area contributed by atoms with Crippen LogP contribution in [0.25, 0.3) is 22.1 Å². The van der Waals surface area contributed by atoms with E-state index in [1.54, 1.807) is 62.4 Å². The molecule has 4 aromatic rings. The SMILES string of the molecule is CCOC(=O)n1c(C(=O)SCCCCCSC(=O)c2nc3ccccc3n2C(=O)OCC)nc2ccccc21. The molecule has 39 heavy (non-hydrogen) atoms. The van der Waals surface area contributed by atoms with Crippen molar-refractivity contribution in [2.45, 2.75) is 33.1 Å². The molecule has 0 saturated heterocycles. The van der Waals surface area contributed by atoms with Crippen molar-refractivity contribution in [1.29, 1.82) is 0 Å². The van der Waals surface area contributed by atoms with Crippen LogP contribution in [0.2, 0.25) is 0 Å². The Balaban J connectivity index is 1.27. The van der Waals surface area contributed by atoms with Crippen LogP contribution in [-0.4, -0.2) is 66.2 Å². The lowest BCUT2D eigenvalue weighted by Crippen LogP contribution is -2.18. The van der Waals surface area contributed by atoms with Crippen molar-refractivity contribution in [1.82, 2.24) is 19.1 Å². The van der Waals surface area contributed by atoms with Crippen LogP contribution in [0.15, 0.2) is 48.5 Å². The second kappa shape index (κ2) is 13.4. The smallest absolute Gasteiger partial charge is 0.420 e. The van der Waals surface area contributed by atoms with Gasteiger partial charge in [-0.1, -0.05) is 54.2 Å². The zero-order chi connectivity index (χ0) is 27.8. The zero-order valence-corrected chi connectivity index (χ0v) is 23.3. The Morgan fingerprint density at radius 1 is 0.667 bits per heavy atom. The number of benzene rings is 2. The summed E-state index contributed by atoms with van der Waals surface area (Å²) in [7, 11) is 0. The van der Waals surface area contributed by atoms with Crippen LogP contribution in [0.3, 0.4) is 0 Å². The minimum absolute atomic E-state index is 0.0466. The van der Waals surface area contributed by atoms with Crippen LogP contribution in [-0.2, 0) is 9.47 Å². The Labute approximate surface area is 233 Å². The Hall–Kier alpha value is -3.64. The topological polar surface area (TPSA) is 122 Å². The quantitative estimate of drug-likeness (QED) is 0.210. The Morgan fingerprint density at radius 2 is 1.08 bits per heavy atom. The van der Waals surface area contributed by atoms with Crippen molar-refractivity contribution < 1.29 is 28.7 Å². The summed E-state index contributed by atoms with van der Waals surface area (Å²) in [5.41, 5.74) is 2.15. The molecule has 12 heteroatoms. The van der Waals surface area contributed by atoms with Gasteiger partial charge in [-0.25, -0.2) is 28.7 Å². The van der Waals surface area contributed by atoms with Gasteiger partial charge in [0, 0.05) is 11.5 Å². The van der Waals surface area contributed by atoms with Gasteiger partial charge in [-0.2, -0.15) is 0 Å². The standard InChI is InChI=1S/C27H28N4O6S2/c1-3-36-26(34)30-20-14-8-6-12-18(20)28-22(30)24(32)38-16-10-5-11-17-39-25(33)23-29-19-13-7-9-15-21(19)31(23)27(35)37-4-2/h6-9,12-15H,3-5,10-11,16-17H2,1-2H3. The van der Waals surface area contributed by atoms with Crippen LogP contribution in [0.1, 0.15) is 54.3 Å². The fourth-order valence-electron chi connectivity index (χ4n) is 3.91. The molecule has 2 heterocycles. The van der Waals surface area contributed by atoms with Crippen molar-refractivity contribution in [3.8, 4) is 0 Å². The summed E-state index contributed by atoms with van der Waals surface area (Å²) in [4.78, 5) is 59.4. The molecule has 0 aliphatic carbocycles. The molecule has 0 spiro atoms. The fraction of sp³-hybridized carbons (Fsp3) is 0.333. The van der Waals surface area contributed by atoms with Gasteiger partial charge in [0.25, 0.3) is 10.2 Å². The number of rotatable bonds is 10. The van der Waals surface area contributed by atoms with Crippen molar-refractivity contribution >= 4 is 68.0 Å². The number of fused-ring (bicyclic) bond motifs is 2. The van der Waals surface area contributed by atoms with E-state index in [9.17, 15) is 19.2 Å². The lowest BCUT2D eigenvalue weighted by atomic mass is 10.3. The van der Waals surface area contributed by atoms with Gasteiger partial charge in [-0.3, -0.25) is 9.59 Å². The Morgan fingerprint density at radius 3 is 1.49 bits per heavy atom. The number of hydrogen-bond acceptors (Lipinski definition) is 10. The number of hydrogen-bond donors (Lipinski definition) is 0. The van der Waals surface area contributed by atoms with Crippen molar-refractivity contribution in [3.05, 3.63) is 60.2 Å². The first-order valence-electron chi connectivity index (χ1n) is 12.6. The van der Waals surface area contributed by atoms with E-state index >= 15 is 0 Å². The predicted molar refractivity (Wildman–Crippen MR) is 152 cm³/mol. The number of thioether (sulfide) groups is 2. The lowest BCUT2D eigenvalue weighted by Gasteiger charge is -2.07. The van der Waals surface area contributed by atoms with E-state index < -0.39 is 12.2 Å². The van der Waals surface area contributed by atoms with E-state index in [1.165, 1.54) is 9.13 Å². The highest BCUT2D eigenvalue weighted by molar-refractivity contribution is 8.14. The number of imidazole rings is 2. The minimum atomic E-state index is -0.631. The maximum Gasteiger partial charge on any atom is 0.420 e. The molecule has 0 radical (unpaired) electrons. The van der Waals surface area contributed by atoms with Crippen LogP contribution in [0, 0.1) is 0 Å². The van der Waals surface area contributed by atoms with Crippen LogP contribution >= 0.6 is 23.5 Å². The number of ether oxygens (including phenoxy) is 2. The molecule has 0 amide bonds. The summed E-state index contributed by atoms with van der Waals surface area (Å²) < 4.78 is 12.7. The normalized spacial score (nSPS) is 11.1. The van der Waals surface area contributed by atoms with Crippen LogP contribution in [0.5, 0.6) is 0 Å². The number of carbonyl (C=O) groups is 4. The van der Waals surface area contributed by atoms with Crippen LogP contribution < -0.4 is 0 Å². The molecule has 0 unspecified atom stereocenters. The summed E-state index contributed by atoms with van der Waals surface area (Å²) in [5.74, 6) is 1.18. The third kappa shape index (κ3) is 6.51. The summed E-state index contributed by atoms with van der Waals surface area (Å²) in [6.45, 7) is 3.78. The molecule has 2 aromatic carbocycles. The van der Waals surface area contributed by atoms with Gasteiger partial charge in [-0.15, -0.1) is 0 Å². The van der Waals surface area contributed by atoms with E-state index in [1.807, 2.05) is 0 Å². The van der Waals surface area contributed by atoms with Gasteiger partial charge < -0.3 is 9.47 Å². The average molecular weight is 569 g/mol. The van der Waals surface area contributed by atoms with E-state index in [4.69, 9.17) is 9.47 Å². The molecule has 2 aromatic heterocycles. The number of nitrogens with zero attached hydrogens (tertiary/aromatic N) is 4. The molecule has 0 saturated carbocycles. The first kappa shape index (κ1) is 28.4. The maximum absolute atomic E-state index is 12.9. The molecule has 10 nitrogen and oxygen atoms in total. The van der Waals surface area contributed by atoms with E-state index in [2.05, 4.69) is 9.97 Å². The van der Waals surface area contributed by atoms with E-state index in [-0.39, 0.29) is 35.1 Å². The van der Waals surface area contributed by atoms with Gasteiger partial charge in [0.1, 0.15) is 0 Å². The number of carbonyl (C=O) groups excluding carboxylic acids is 4. The Bertz CT molecular complexity index is 1400. The third-order valence-corrected chi connectivity index (χ3v) is 7.52. The predicted octanol–water partition coefficient (Wildman–Crippen LogP) is 6.01. The summed E-state index contributed by atoms with van der Waals surface area (Å²) >= 11 is 2.20. The number of unbranched alkanes of at least 4 members (excludes halogenated alkanes) is 2. The molecular formula is C27H28N4O6S2. The second-order valence-electron chi connectivity index (χ2n) is 8.25. The van der Waals surface area contributed by atoms with Crippen molar-refractivity contribution in [3.63, 3.8) is 0 Å². The van der Waals surface area contributed by atoms with Crippen LogP contribution in [0.4, 0.5) is 9.59 Å². The number of para-hydroxylation sites is 4. The molecular weight excluding hydrogens is 540 g/mol. The zero-order valence-electron chi connectivity index (χ0n) is 21.6.